The average Bonchev–Trinajstić information content (AvgIpc) is 2.37. The van der Waals surface area contributed by atoms with E-state index in [1.54, 1.807) is 12.1 Å². The highest BCUT2D eigenvalue weighted by Crippen LogP contribution is 2.14. The Kier molecular flexibility index (Phi) is 4.66. The molecule has 0 atom stereocenters. The topological polar surface area (TPSA) is 52.6 Å². The van der Waals surface area contributed by atoms with Crippen LogP contribution in [0.5, 0.6) is 0 Å². The van der Waals surface area contributed by atoms with E-state index < -0.39 is 11.8 Å². The first-order valence-electron chi connectivity index (χ1n) is 5.44. The first kappa shape index (κ1) is 14.0. The zero-order valence-electron chi connectivity index (χ0n) is 10.9. The Morgan fingerprint density at radius 2 is 1.78 bits per heavy atom. The van der Waals surface area contributed by atoms with E-state index >= 15 is 0 Å². The van der Waals surface area contributed by atoms with E-state index in [9.17, 15) is 9.59 Å². The molecular formula is C14H16O4. The number of benzene rings is 1. The lowest BCUT2D eigenvalue weighted by Crippen LogP contribution is -2.15. The lowest BCUT2D eigenvalue weighted by molar-refractivity contribution is -0.135. The van der Waals surface area contributed by atoms with Crippen LogP contribution in [0.15, 0.2) is 30.0 Å². The zero-order chi connectivity index (χ0) is 13.7. The number of ether oxygens (including phenoxy) is 2. The number of ketones is 1. The maximum atomic E-state index is 12.1. The summed E-state index contributed by atoms with van der Waals surface area (Å²) in [5, 5.41) is 0. The summed E-state index contributed by atoms with van der Waals surface area (Å²) < 4.78 is 9.29. The SMILES string of the molecule is CO/C=C(\C(=O)OC)C(=O)c1ccc(C)c(C)c1. The van der Waals surface area contributed by atoms with E-state index in [0.717, 1.165) is 17.4 Å². The Balaban J connectivity index is 3.14. The fraction of sp³-hybridized carbons (Fsp3) is 0.286. The molecule has 0 heterocycles. The molecule has 0 saturated heterocycles. The second-order valence-electron chi connectivity index (χ2n) is 3.89. The van der Waals surface area contributed by atoms with Crippen molar-refractivity contribution in [3.8, 4) is 0 Å². The van der Waals surface area contributed by atoms with Crippen molar-refractivity contribution in [1.29, 1.82) is 0 Å². The van der Waals surface area contributed by atoms with Gasteiger partial charge in [0.1, 0.15) is 11.8 Å². The van der Waals surface area contributed by atoms with Crippen molar-refractivity contribution in [1.82, 2.24) is 0 Å². The van der Waals surface area contributed by atoms with Gasteiger partial charge >= 0.3 is 5.97 Å². The molecular weight excluding hydrogens is 232 g/mol. The highest BCUT2D eigenvalue weighted by Gasteiger charge is 2.21. The lowest BCUT2D eigenvalue weighted by atomic mass is 10.00. The number of hydrogen-bond acceptors (Lipinski definition) is 4. The van der Waals surface area contributed by atoms with Crippen molar-refractivity contribution < 1.29 is 19.1 Å². The monoisotopic (exact) mass is 248 g/mol. The minimum Gasteiger partial charge on any atom is -0.503 e. The van der Waals surface area contributed by atoms with Gasteiger partial charge in [-0.05, 0) is 31.0 Å². The summed E-state index contributed by atoms with van der Waals surface area (Å²) in [6.45, 7) is 3.86. The Hall–Kier alpha value is -2.10. The van der Waals surface area contributed by atoms with Crippen molar-refractivity contribution in [2.24, 2.45) is 0 Å². The molecule has 0 bridgehead atoms. The van der Waals surface area contributed by atoms with Gasteiger partial charge in [-0.25, -0.2) is 4.79 Å². The van der Waals surface area contributed by atoms with E-state index in [4.69, 9.17) is 4.74 Å². The Morgan fingerprint density at radius 3 is 2.28 bits per heavy atom. The van der Waals surface area contributed by atoms with Crippen molar-refractivity contribution in [3.05, 3.63) is 46.7 Å². The third kappa shape index (κ3) is 2.97. The van der Waals surface area contributed by atoms with Crippen LogP contribution >= 0.6 is 0 Å². The van der Waals surface area contributed by atoms with Gasteiger partial charge in [0.2, 0.25) is 5.78 Å². The van der Waals surface area contributed by atoms with E-state index in [1.807, 2.05) is 19.9 Å². The predicted octanol–water partition coefficient (Wildman–Crippen LogP) is 2.19. The molecule has 0 aliphatic carbocycles. The van der Waals surface area contributed by atoms with Gasteiger partial charge in [-0.1, -0.05) is 12.1 Å². The molecule has 0 fully saturated rings. The number of esters is 1. The van der Waals surface area contributed by atoms with Gasteiger partial charge in [-0.2, -0.15) is 0 Å². The number of rotatable bonds is 4. The van der Waals surface area contributed by atoms with Crippen LogP contribution in [0, 0.1) is 13.8 Å². The summed E-state index contributed by atoms with van der Waals surface area (Å²) in [5.41, 5.74) is 2.39. The first-order chi connectivity index (χ1) is 8.51. The molecule has 1 rings (SSSR count). The van der Waals surface area contributed by atoms with Crippen LogP contribution in [-0.4, -0.2) is 26.0 Å². The van der Waals surface area contributed by atoms with Gasteiger partial charge < -0.3 is 9.47 Å². The van der Waals surface area contributed by atoms with E-state index in [2.05, 4.69) is 4.74 Å². The van der Waals surface area contributed by atoms with Crippen LogP contribution in [0.3, 0.4) is 0 Å². The van der Waals surface area contributed by atoms with E-state index in [-0.39, 0.29) is 5.57 Å². The number of Topliss-reactive ketones (excluding diaryl/α,β-unsaturated/α-hetero) is 1. The zero-order valence-corrected chi connectivity index (χ0v) is 10.9. The molecule has 0 unspecified atom stereocenters. The fourth-order valence-corrected chi connectivity index (χ4v) is 1.46. The molecule has 0 aliphatic heterocycles. The quantitative estimate of drug-likeness (QED) is 0.205. The first-order valence-corrected chi connectivity index (χ1v) is 5.44. The molecule has 4 nitrogen and oxygen atoms in total. The molecule has 0 aliphatic rings. The van der Waals surface area contributed by atoms with Crippen molar-refractivity contribution in [3.63, 3.8) is 0 Å². The smallest absolute Gasteiger partial charge is 0.345 e. The summed E-state index contributed by atoms with van der Waals surface area (Å²) in [6.07, 6.45) is 1.10. The second kappa shape index (κ2) is 6.00. The highest BCUT2D eigenvalue weighted by molar-refractivity contribution is 6.24. The Bertz CT molecular complexity index is 501. The second-order valence-corrected chi connectivity index (χ2v) is 3.89. The number of aryl methyl sites for hydroxylation is 2. The van der Waals surface area contributed by atoms with Crippen molar-refractivity contribution in [2.45, 2.75) is 13.8 Å². The molecule has 96 valence electrons. The van der Waals surface area contributed by atoms with Gasteiger partial charge in [0.05, 0.1) is 14.2 Å². The molecule has 0 N–H and O–H groups in total. The minimum atomic E-state index is -0.708. The molecule has 4 heteroatoms. The van der Waals surface area contributed by atoms with Crippen LogP contribution < -0.4 is 0 Å². The van der Waals surface area contributed by atoms with Gasteiger partial charge in [0.25, 0.3) is 0 Å². The number of carbonyl (C=O) groups excluding carboxylic acids is 2. The van der Waals surface area contributed by atoms with Crippen LogP contribution in [0.2, 0.25) is 0 Å². The summed E-state index contributed by atoms with van der Waals surface area (Å²) in [6, 6.07) is 5.26. The third-order valence-corrected chi connectivity index (χ3v) is 2.65. The Labute approximate surface area is 106 Å². The molecule has 0 aromatic heterocycles. The standard InChI is InChI=1S/C14H16O4/c1-9-5-6-11(7-10(9)2)13(15)12(8-17-3)14(16)18-4/h5-8H,1-4H3/b12-8-. The maximum Gasteiger partial charge on any atom is 0.345 e. The summed E-state index contributed by atoms with van der Waals surface area (Å²) >= 11 is 0. The molecule has 0 spiro atoms. The summed E-state index contributed by atoms with van der Waals surface area (Å²) in [7, 11) is 2.59. The molecule has 0 amide bonds. The molecule has 1 aromatic rings. The molecule has 18 heavy (non-hydrogen) atoms. The Morgan fingerprint density at radius 1 is 1.11 bits per heavy atom. The van der Waals surface area contributed by atoms with Gasteiger partial charge in [-0.15, -0.1) is 0 Å². The van der Waals surface area contributed by atoms with Crippen molar-refractivity contribution in [2.75, 3.05) is 14.2 Å². The largest absolute Gasteiger partial charge is 0.503 e. The maximum absolute atomic E-state index is 12.1. The molecule has 0 saturated carbocycles. The van der Waals surface area contributed by atoms with Crippen LogP contribution in [0.4, 0.5) is 0 Å². The predicted molar refractivity (Wildman–Crippen MR) is 67.4 cm³/mol. The fourth-order valence-electron chi connectivity index (χ4n) is 1.46. The van der Waals surface area contributed by atoms with Crippen LogP contribution in [0.1, 0.15) is 21.5 Å². The molecule has 1 aromatic carbocycles. The third-order valence-electron chi connectivity index (χ3n) is 2.65. The van der Waals surface area contributed by atoms with E-state index in [1.165, 1.54) is 14.2 Å². The lowest BCUT2D eigenvalue weighted by Gasteiger charge is -2.06. The van der Waals surface area contributed by atoms with Gasteiger partial charge in [0, 0.05) is 5.56 Å². The number of hydrogen-bond donors (Lipinski definition) is 0. The van der Waals surface area contributed by atoms with Crippen LogP contribution in [0.25, 0.3) is 0 Å². The number of methoxy groups -OCH3 is 2. The summed E-state index contributed by atoms with van der Waals surface area (Å²) in [4.78, 5) is 23.6. The van der Waals surface area contributed by atoms with Crippen molar-refractivity contribution >= 4 is 11.8 Å². The van der Waals surface area contributed by atoms with E-state index in [0.29, 0.717) is 5.56 Å². The summed E-state index contributed by atoms with van der Waals surface area (Å²) in [5.74, 6) is -1.12. The average molecular weight is 248 g/mol. The highest BCUT2D eigenvalue weighted by atomic mass is 16.5. The molecule has 0 radical (unpaired) electrons. The normalized spacial score (nSPS) is 11.0. The number of carbonyl (C=O) groups is 2. The van der Waals surface area contributed by atoms with Gasteiger partial charge in [0.15, 0.2) is 0 Å². The minimum absolute atomic E-state index is 0.122. The van der Waals surface area contributed by atoms with Crippen LogP contribution in [-0.2, 0) is 14.3 Å². The van der Waals surface area contributed by atoms with Gasteiger partial charge in [-0.3, -0.25) is 4.79 Å².